The molecule has 0 radical (unpaired) electrons. The first-order chi connectivity index (χ1) is 5.60. The SMILES string of the molecule is C=C(CC)CC(O)CC(C)OC. The molecule has 0 bridgehead atoms. The minimum absolute atomic E-state index is 0.129. The molecule has 0 fully saturated rings. The van der Waals surface area contributed by atoms with E-state index in [9.17, 15) is 5.11 Å². The molecule has 0 aliphatic rings. The number of rotatable bonds is 6. The highest BCUT2D eigenvalue weighted by atomic mass is 16.5. The summed E-state index contributed by atoms with van der Waals surface area (Å²) in [6.45, 7) is 7.85. The largest absolute Gasteiger partial charge is 0.393 e. The molecule has 0 heterocycles. The first kappa shape index (κ1) is 11.7. The molecule has 2 nitrogen and oxygen atoms in total. The van der Waals surface area contributed by atoms with Crippen molar-refractivity contribution in [1.29, 1.82) is 0 Å². The number of ether oxygens (including phenoxy) is 1. The Hall–Kier alpha value is -0.340. The number of hydrogen-bond acceptors (Lipinski definition) is 2. The summed E-state index contributed by atoms with van der Waals surface area (Å²) in [6, 6.07) is 0. The van der Waals surface area contributed by atoms with Crippen molar-refractivity contribution < 1.29 is 9.84 Å². The zero-order valence-corrected chi connectivity index (χ0v) is 8.34. The molecule has 1 N–H and O–H groups in total. The fraction of sp³-hybridized carbons (Fsp3) is 0.800. The standard InChI is InChI=1S/C10H20O2/c1-5-8(2)6-10(11)7-9(3)12-4/h9-11H,2,5-7H2,1,3-4H3. The Kier molecular flexibility index (Phi) is 6.03. The maximum absolute atomic E-state index is 9.51. The van der Waals surface area contributed by atoms with E-state index < -0.39 is 0 Å². The summed E-state index contributed by atoms with van der Waals surface area (Å²) < 4.78 is 5.05. The zero-order valence-electron chi connectivity index (χ0n) is 8.34. The van der Waals surface area contributed by atoms with Gasteiger partial charge in [0.15, 0.2) is 0 Å². The van der Waals surface area contributed by atoms with E-state index in [2.05, 4.69) is 13.5 Å². The lowest BCUT2D eigenvalue weighted by Gasteiger charge is -2.15. The summed E-state index contributed by atoms with van der Waals surface area (Å²) in [7, 11) is 1.66. The van der Waals surface area contributed by atoms with Crippen LogP contribution in [0.25, 0.3) is 0 Å². The van der Waals surface area contributed by atoms with Crippen molar-refractivity contribution in [3.8, 4) is 0 Å². The predicted octanol–water partition coefficient (Wildman–Crippen LogP) is 2.13. The van der Waals surface area contributed by atoms with E-state index in [-0.39, 0.29) is 12.2 Å². The van der Waals surface area contributed by atoms with E-state index >= 15 is 0 Å². The third-order valence-corrected chi connectivity index (χ3v) is 2.03. The molecule has 2 heteroatoms. The molecular formula is C10H20O2. The van der Waals surface area contributed by atoms with Gasteiger partial charge >= 0.3 is 0 Å². The van der Waals surface area contributed by atoms with E-state index in [4.69, 9.17) is 4.74 Å². The van der Waals surface area contributed by atoms with Gasteiger partial charge in [-0.3, -0.25) is 0 Å². The lowest BCUT2D eigenvalue weighted by molar-refractivity contribution is 0.0563. The second-order valence-electron chi connectivity index (χ2n) is 3.24. The molecule has 72 valence electrons. The van der Waals surface area contributed by atoms with Crippen molar-refractivity contribution in [2.45, 2.75) is 45.3 Å². The van der Waals surface area contributed by atoms with E-state index in [1.165, 1.54) is 0 Å². The van der Waals surface area contributed by atoms with Gasteiger partial charge in [0.1, 0.15) is 0 Å². The normalized spacial score (nSPS) is 15.7. The summed E-state index contributed by atoms with van der Waals surface area (Å²) in [5, 5.41) is 9.51. The highest BCUT2D eigenvalue weighted by Gasteiger charge is 2.09. The Morgan fingerprint density at radius 2 is 2.17 bits per heavy atom. The van der Waals surface area contributed by atoms with Gasteiger partial charge in [0.05, 0.1) is 12.2 Å². The Morgan fingerprint density at radius 3 is 2.58 bits per heavy atom. The lowest BCUT2D eigenvalue weighted by Crippen LogP contribution is -2.17. The van der Waals surface area contributed by atoms with Crippen molar-refractivity contribution in [3.05, 3.63) is 12.2 Å². The van der Waals surface area contributed by atoms with Crippen LogP contribution < -0.4 is 0 Å². The van der Waals surface area contributed by atoms with Gasteiger partial charge in [0.2, 0.25) is 0 Å². The van der Waals surface area contributed by atoms with E-state index in [0.29, 0.717) is 12.8 Å². The monoisotopic (exact) mass is 172 g/mol. The minimum Gasteiger partial charge on any atom is -0.393 e. The van der Waals surface area contributed by atoms with Gasteiger partial charge in [0.25, 0.3) is 0 Å². The number of aliphatic hydroxyl groups excluding tert-OH is 1. The predicted molar refractivity (Wildman–Crippen MR) is 51.1 cm³/mol. The van der Waals surface area contributed by atoms with Crippen molar-refractivity contribution in [3.63, 3.8) is 0 Å². The molecule has 2 atom stereocenters. The van der Waals surface area contributed by atoms with Crippen LogP contribution >= 0.6 is 0 Å². The highest BCUT2D eigenvalue weighted by molar-refractivity contribution is 4.94. The fourth-order valence-electron chi connectivity index (χ4n) is 1.04. The average Bonchev–Trinajstić information content (AvgIpc) is 2.03. The van der Waals surface area contributed by atoms with Crippen LogP contribution in [0, 0.1) is 0 Å². The number of hydrogen-bond donors (Lipinski definition) is 1. The molecule has 0 aliphatic carbocycles. The Balaban J connectivity index is 3.58. The number of methoxy groups -OCH3 is 1. The zero-order chi connectivity index (χ0) is 9.56. The molecule has 0 aromatic heterocycles. The number of aliphatic hydroxyl groups is 1. The molecular weight excluding hydrogens is 152 g/mol. The van der Waals surface area contributed by atoms with Crippen molar-refractivity contribution in [1.82, 2.24) is 0 Å². The third-order valence-electron chi connectivity index (χ3n) is 2.03. The van der Waals surface area contributed by atoms with Gasteiger partial charge in [-0.25, -0.2) is 0 Å². The van der Waals surface area contributed by atoms with Crippen molar-refractivity contribution >= 4 is 0 Å². The van der Waals surface area contributed by atoms with Crippen LogP contribution in [0.2, 0.25) is 0 Å². The Labute approximate surface area is 75.2 Å². The van der Waals surface area contributed by atoms with Crippen molar-refractivity contribution in [2.24, 2.45) is 0 Å². The summed E-state index contributed by atoms with van der Waals surface area (Å²) in [6.07, 6.45) is 2.16. The summed E-state index contributed by atoms with van der Waals surface area (Å²) >= 11 is 0. The highest BCUT2D eigenvalue weighted by Crippen LogP contribution is 2.11. The Morgan fingerprint density at radius 1 is 1.58 bits per heavy atom. The molecule has 0 aromatic rings. The maximum atomic E-state index is 9.51. The molecule has 0 saturated heterocycles. The minimum atomic E-state index is -0.299. The van der Waals surface area contributed by atoms with Gasteiger partial charge in [-0.1, -0.05) is 19.1 Å². The smallest absolute Gasteiger partial charge is 0.0601 e. The van der Waals surface area contributed by atoms with Crippen LogP contribution in [-0.2, 0) is 4.74 Å². The maximum Gasteiger partial charge on any atom is 0.0601 e. The van der Waals surface area contributed by atoms with Gasteiger partial charge in [-0.05, 0) is 26.2 Å². The van der Waals surface area contributed by atoms with Gasteiger partial charge < -0.3 is 9.84 Å². The van der Waals surface area contributed by atoms with E-state index in [1.54, 1.807) is 7.11 Å². The molecule has 0 aromatic carbocycles. The first-order valence-corrected chi connectivity index (χ1v) is 4.47. The molecule has 2 unspecified atom stereocenters. The molecule has 12 heavy (non-hydrogen) atoms. The van der Waals surface area contributed by atoms with Gasteiger partial charge in [-0.2, -0.15) is 0 Å². The van der Waals surface area contributed by atoms with Gasteiger partial charge in [-0.15, -0.1) is 0 Å². The molecule has 0 saturated carbocycles. The van der Waals surface area contributed by atoms with Crippen LogP contribution in [0.5, 0.6) is 0 Å². The molecule has 0 spiro atoms. The Bertz CT molecular complexity index is 132. The lowest BCUT2D eigenvalue weighted by atomic mass is 10.0. The van der Waals surface area contributed by atoms with E-state index in [1.807, 2.05) is 6.92 Å². The summed E-state index contributed by atoms with van der Waals surface area (Å²) in [4.78, 5) is 0. The summed E-state index contributed by atoms with van der Waals surface area (Å²) in [5.74, 6) is 0. The van der Waals surface area contributed by atoms with Crippen LogP contribution in [-0.4, -0.2) is 24.4 Å². The molecule has 0 aliphatic heterocycles. The third kappa shape index (κ3) is 5.33. The van der Waals surface area contributed by atoms with Crippen LogP contribution in [0.4, 0.5) is 0 Å². The van der Waals surface area contributed by atoms with Crippen LogP contribution in [0.15, 0.2) is 12.2 Å². The first-order valence-electron chi connectivity index (χ1n) is 4.47. The van der Waals surface area contributed by atoms with E-state index in [0.717, 1.165) is 12.0 Å². The average molecular weight is 172 g/mol. The molecule has 0 rings (SSSR count). The van der Waals surface area contributed by atoms with Crippen molar-refractivity contribution in [2.75, 3.05) is 7.11 Å². The fourth-order valence-corrected chi connectivity index (χ4v) is 1.04. The second kappa shape index (κ2) is 6.21. The van der Waals surface area contributed by atoms with Gasteiger partial charge in [0, 0.05) is 7.11 Å². The van der Waals surface area contributed by atoms with Crippen LogP contribution in [0.3, 0.4) is 0 Å². The summed E-state index contributed by atoms with van der Waals surface area (Å²) in [5.41, 5.74) is 1.10. The molecule has 0 amide bonds. The van der Waals surface area contributed by atoms with Crippen LogP contribution in [0.1, 0.15) is 33.1 Å². The second-order valence-corrected chi connectivity index (χ2v) is 3.24. The topological polar surface area (TPSA) is 29.5 Å². The quantitative estimate of drug-likeness (QED) is 0.622.